The molecule has 58 heavy (non-hydrogen) atoms. The average Bonchev–Trinajstić information content (AvgIpc) is 3.30. The van der Waals surface area contributed by atoms with Crippen LogP contribution in [0.2, 0.25) is 0 Å². The Labute approximate surface area is 336 Å². The first-order valence-electron chi connectivity index (χ1n) is 19.3. The van der Waals surface area contributed by atoms with Gasteiger partial charge in [0.15, 0.2) is 5.82 Å². The maximum Gasteiger partial charge on any atom is 0.160 e. The van der Waals surface area contributed by atoms with Gasteiger partial charge in [-0.1, -0.05) is 158 Å². The van der Waals surface area contributed by atoms with Gasteiger partial charge in [0.2, 0.25) is 0 Å². The van der Waals surface area contributed by atoms with Gasteiger partial charge in [-0.25, -0.2) is 15.0 Å². The van der Waals surface area contributed by atoms with Crippen molar-refractivity contribution in [1.82, 2.24) is 15.0 Å². The number of rotatable bonds is 7. The molecule has 0 radical (unpaired) electrons. The van der Waals surface area contributed by atoms with Gasteiger partial charge in [0.1, 0.15) is 0 Å². The molecule has 2 N–H and O–H groups in total. The van der Waals surface area contributed by atoms with E-state index in [2.05, 4.69) is 121 Å². The third-order valence-corrected chi connectivity index (χ3v) is 10.7. The van der Waals surface area contributed by atoms with Crippen LogP contribution in [-0.4, -0.2) is 26.4 Å². The lowest BCUT2D eigenvalue weighted by molar-refractivity contribution is 1.18. The molecule has 1 aliphatic carbocycles. The van der Waals surface area contributed by atoms with E-state index >= 15 is 0 Å². The largest absolute Gasteiger partial charge is 0.299 e. The molecule has 0 amide bonds. The maximum atomic E-state index is 8.87. The van der Waals surface area contributed by atoms with Crippen molar-refractivity contribution in [2.45, 2.75) is 0 Å². The zero-order chi connectivity index (χ0) is 39.0. The van der Waals surface area contributed by atoms with E-state index in [9.17, 15) is 0 Å². The van der Waals surface area contributed by atoms with E-state index < -0.39 is 0 Å². The maximum absolute atomic E-state index is 8.87. The van der Waals surface area contributed by atoms with E-state index in [1.165, 1.54) is 0 Å². The Hall–Kier alpha value is -7.89. The molecule has 0 saturated carbocycles. The Morgan fingerprint density at radius 3 is 1.43 bits per heavy atom. The molecule has 9 aromatic rings. The summed E-state index contributed by atoms with van der Waals surface area (Å²) < 4.78 is 0. The number of benzene rings is 7. The molecule has 1 aliphatic rings. The van der Waals surface area contributed by atoms with Gasteiger partial charge in [0.05, 0.1) is 34.0 Å². The number of allylic oxidation sites excluding steroid dienone is 1. The van der Waals surface area contributed by atoms with Crippen molar-refractivity contribution in [3.8, 4) is 78.5 Å². The molecule has 0 unspecified atom stereocenters. The molecule has 7 aromatic carbocycles. The molecule has 0 atom stereocenters. The van der Waals surface area contributed by atoms with E-state index in [1.807, 2.05) is 72.8 Å². The summed E-state index contributed by atoms with van der Waals surface area (Å²) in [6, 6.07) is 64.7. The lowest BCUT2D eigenvalue weighted by Gasteiger charge is -2.19. The fourth-order valence-electron chi connectivity index (χ4n) is 7.75. The van der Waals surface area contributed by atoms with Gasteiger partial charge in [-0.2, -0.15) is 0 Å². The number of nitrogens with zero attached hydrogens (tertiary/aromatic N) is 3. The molecule has 2 aromatic heterocycles. The van der Waals surface area contributed by atoms with Gasteiger partial charge in [0.25, 0.3) is 0 Å². The van der Waals surface area contributed by atoms with Crippen molar-refractivity contribution in [1.29, 1.82) is 10.8 Å². The summed E-state index contributed by atoms with van der Waals surface area (Å²) in [7, 11) is 0. The SMILES string of the molecule is N=C1C=Cc2c(-c3ccccc3)nc3cc(-c4ccc(-c5cc(-c6cc(-c7ccccc7)cc(-c7ccccc7)c6)nc(-c6ccccc6)n5)cc4)ccc3c2C1=N. The highest BCUT2D eigenvalue weighted by molar-refractivity contribution is 6.54. The van der Waals surface area contributed by atoms with Gasteiger partial charge in [-0.15, -0.1) is 0 Å². The van der Waals surface area contributed by atoms with E-state index in [-0.39, 0.29) is 11.4 Å². The molecule has 0 saturated heterocycles. The first-order valence-corrected chi connectivity index (χ1v) is 19.3. The predicted octanol–water partition coefficient (Wildman–Crippen LogP) is 13.1. The zero-order valence-electron chi connectivity index (χ0n) is 31.4. The van der Waals surface area contributed by atoms with Crippen LogP contribution in [0.1, 0.15) is 11.1 Å². The van der Waals surface area contributed by atoms with Crippen LogP contribution >= 0.6 is 0 Å². The van der Waals surface area contributed by atoms with Gasteiger partial charge < -0.3 is 0 Å². The highest BCUT2D eigenvalue weighted by Gasteiger charge is 2.23. The van der Waals surface area contributed by atoms with Gasteiger partial charge >= 0.3 is 0 Å². The fraction of sp³-hybridized carbons (Fsp3) is 0. The summed E-state index contributed by atoms with van der Waals surface area (Å²) in [4.78, 5) is 15.5. The Morgan fingerprint density at radius 1 is 0.345 bits per heavy atom. The van der Waals surface area contributed by atoms with E-state index in [4.69, 9.17) is 25.8 Å². The minimum Gasteiger partial charge on any atom is -0.299 e. The Kier molecular flexibility index (Phi) is 8.73. The second-order valence-electron chi connectivity index (χ2n) is 14.4. The topological polar surface area (TPSA) is 86.4 Å². The summed E-state index contributed by atoms with van der Waals surface area (Å²) in [6.07, 6.45) is 3.61. The zero-order valence-corrected chi connectivity index (χ0v) is 31.4. The molecule has 0 spiro atoms. The van der Waals surface area contributed by atoms with Crippen molar-refractivity contribution in [2.24, 2.45) is 0 Å². The number of hydrogen-bond acceptors (Lipinski definition) is 5. The van der Waals surface area contributed by atoms with Crippen LogP contribution in [0.3, 0.4) is 0 Å². The van der Waals surface area contributed by atoms with E-state index in [0.717, 1.165) is 94.7 Å². The molecular formula is C53H35N5. The van der Waals surface area contributed by atoms with Crippen molar-refractivity contribution >= 4 is 28.4 Å². The number of fused-ring (bicyclic) bond motifs is 3. The number of hydrogen-bond donors (Lipinski definition) is 2. The minimum absolute atomic E-state index is 0.197. The number of pyridine rings is 1. The summed E-state index contributed by atoms with van der Waals surface area (Å²) in [5.41, 5.74) is 15.8. The second kappa shape index (κ2) is 14.6. The van der Waals surface area contributed by atoms with E-state index in [0.29, 0.717) is 5.82 Å². The van der Waals surface area contributed by atoms with Crippen molar-refractivity contribution in [2.75, 3.05) is 0 Å². The second-order valence-corrected chi connectivity index (χ2v) is 14.4. The molecule has 10 rings (SSSR count). The third kappa shape index (κ3) is 6.51. The lowest BCUT2D eigenvalue weighted by Crippen LogP contribution is -2.17. The van der Waals surface area contributed by atoms with Gasteiger partial charge in [-0.05, 0) is 75.9 Å². The van der Waals surface area contributed by atoms with E-state index in [1.54, 1.807) is 6.08 Å². The smallest absolute Gasteiger partial charge is 0.160 e. The Balaban J connectivity index is 1.07. The number of nitrogens with one attached hydrogen (secondary N) is 2. The van der Waals surface area contributed by atoms with Crippen molar-refractivity contribution in [3.05, 3.63) is 205 Å². The molecule has 5 nitrogen and oxygen atoms in total. The summed E-state index contributed by atoms with van der Waals surface area (Å²) in [5.74, 6) is 0.662. The lowest BCUT2D eigenvalue weighted by atomic mass is 9.87. The van der Waals surface area contributed by atoms with Crippen molar-refractivity contribution in [3.63, 3.8) is 0 Å². The van der Waals surface area contributed by atoms with Crippen LogP contribution in [0.4, 0.5) is 0 Å². The summed E-state index contributed by atoms with van der Waals surface area (Å²) >= 11 is 0. The van der Waals surface area contributed by atoms with Crippen molar-refractivity contribution < 1.29 is 0 Å². The first kappa shape index (κ1) is 34.6. The molecule has 0 bridgehead atoms. The van der Waals surface area contributed by atoms with Crippen LogP contribution in [0, 0.1) is 10.8 Å². The Bertz CT molecular complexity index is 2990. The van der Waals surface area contributed by atoms with Gasteiger partial charge in [0, 0.05) is 38.8 Å². The van der Waals surface area contributed by atoms with Crippen LogP contribution in [0.5, 0.6) is 0 Å². The summed E-state index contributed by atoms with van der Waals surface area (Å²) in [6.45, 7) is 0. The average molecular weight is 742 g/mol. The first-order chi connectivity index (χ1) is 28.6. The molecule has 272 valence electrons. The molecule has 2 heterocycles. The fourth-order valence-corrected chi connectivity index (χ4v) is 7.75. The normalized spacial score (nSPS) is 12.1. The van der Waals surface area contributed by atoms with Crippen LogP contribution in [0.25, 0.3) is 95.5 Å². The summed E-state index contributed by atoms with van der Waals surface area (Å²) in [5, 5.41) is 18.1. The monoisotopic (exact) mass is 741 g/mol. The molecule has 0 aliphatic heterocycles. The third-order valence-electron chi connectivity index (χ3n) is 10.7. The minimum atomic E-state index is 0.197. The molecular weight excluding hydrogens is 707 g/mol. The number of aromatic nitrogens is 3. The quantitative estimate of drug-likeness (QED) is 0.170. The van der Waals surface area contributed by atoms with Gasteiger partial charge in [-0.3, -0.25) is 10.8 Å². The van der Waals surface area contributed by atoms with Crippen LogP contribution in [0.15, 0.2) is 194 Å². The Morgan fingerprint density at radius 2 is 0.828 bits per heavy atom. The predicted molar refractivity (Wildman–Crippen MR) is 239 cm³/mol. The highest BCUT2D eigenvalue weighted by Crippen LogP contribution is 2.37. The van der Waals surface area contributed by atoms with Crippen LogP contribution < -0.4 is 0 Å². The van der Waals surface area contributed by atoms with Crippen LogP contribution in [-0.2, 0) is 0 Å². The molecule has 5 heteroatoms. The molecule has 0 fully saturated rings. The standard InChI is InChI=1S/C53H35N5/c54-46-28-27-45-50(51(46)55)44-26-25-40(32-49(44)56-52(45)38-17-9-3-10-18-38)36-21-23-37(24-22-36)47-33-48(58-53(57-47)39-19-11-4-12-20-39)43-30-41(34-13-5-1-6-14-34)29-42(31-43)35-15-7-2-8-16-35/h1-33,54-55H. The highest BCUT2D eigenvalue weighted by atomic mass is 14.9.